The highest BCUT2D eigenvalue weighted by Crippen LogP contribution is 2.49. The van der Waals surface area contributed by atoms with E-state index in [1.165, 1.54) is 12.1 Å². The summed E-state index contributed by atoms with van der Waals surface area (Å²) < 4.78 is 26.3. The fourth-order valence-electron chi connectivity index (χ4n) is 3.76. The largest absolute Gasteiger partial charge is 0.443 e. The average molecular weight is 447 g/mol. The number of benzene rings is 3. The average Bonchev–Trinajstić information content (AvgIpc) is 3.04. The Hall–Kier alpha value is -4.00. The summed E-state index contributed by atoms with van der Waals surface area (Å²) in [6.45, 7) is 4.90. The maximum atomic E-state index is 15.1. The highest BCUT2D eigenvalue weighted by molar-refractivity contribution is 6.22. The lowest BCUT2D eigenvalue weighted by molar-refractivity contribution is -0.133. The second-order valence-electron chi connectivity index (χ2n) is 8.56. The first kappa shape index (κ1) is 22.2. The first-order valence-electron chi connectivity index (χ1n) is 10.4. The number of nitrogens with zero attached hydrogens (tertiary/aromatic N) is 1. The molecule has 3 aromatic carbocycles. The summed E-state index contributed by atoms with van der Waals surface area (Å²) in [4.78, 5) is 40.7. The minimum Gasteiger partial charge on any atom is -0.443 e. The van der Waals surface area contributed by atoms with Crippen LogP contribution in [0, 0.1) is 5.82 Å². The van der Waals surface area contributed by atoms with Crippen molar-refractivity contribution >= 4 is 23.7 Å². The molecule has 0 saturated carbocycles. The van der Waals surface area contributed by atoms with Crippen LogP contribution in [0.1, 0.15) is 42.3 Å². The molecular formula is C26H22FNO5. The Balaban J connectivity index is 1.93. The topological polar surface area (TPSA) is 72.9 Å². The van der Waals surface area contributed by atoms with Crippen molar-refractivity contribution in [1.82, 2.24) is 0 Å². The van der Waals surface area contributed by atoms with E-state index in [-0.39, 0.29) is 22.4 Å². The molecule has 0 aromatic heterocycles. The molecule has 33 heavy (non-hydrogen) atoms. The molecule has 1 aliphatic heterocycles. The summed E-state index contributed by atoms with van der Waals surface area (Å²) in [6.07, 6.45) is -1.06. The molecule has 2 amide bonds. The van der Waals surface area contributed by atoms with Gasteiger partial charge in [-0.25, -0.2) is 18.9 Å². The van der Waals surface area contributed by atoms with E-state index in [4.69, 9.17) is 9.47 Å². The van der Waals surface area contributed by atoms with Gasteiger partial charge in [-0.1, -0.05) is 60.7 Å². The Bertz CT molecular complexity index is 1220. The van der Waals surface area contributed by atoms with Crippen molar-refractivity contribution in [2.24, 2.45) is 0 Å². The van der Waals surface area contributed by atoms with E-state index in [1.54, 1.807) is 81.4 Å². The molecule has 7 heteroatoms. The van der Waals surface area contributed by atoms with Crippen LogP contribution in [0.15, 0.2) is 78.9 Å². The lowest BCUT2D eigenvalue weighted by atomic mass is 9.87. The number of halogens is 1. The van der Waals surface area contributed by atoms with Gasteiger partial charge in [0.05, 0.1) is 11.3 Å². The Labute approximate surface area is 190 Å². The number of carbonyl (C=O) groups excluding carboxylic acids is 3. The number of anilines is 1. The van der Waals surface area contributed by atoms with Crippen LogP contribution in [0.2, 0.25) is 0 Å². The zero-order valence-electron chi connectivity index (χ0n) is 18.4. The highest BCUT2D eigenvalue weighted by atomic mass is 19.1. The van der Waals surface area contributed by atoms with Gasteiger partial charge >= 0.3 is 12.1 Å². The van der Waals surface area contributed by atoms with E-state index in [2.05, 4.69) is 0 Å². The predicted molar refractivity (Wildman–Crippen MR) is 119 cm³/mol. The molecule has 3 aromatic rings. The van der Waals surface area contributed by atoms with E-state index in [1.807, 2.05) is 0 Å². The van der Waals surface area contributed by atoms with Gasteiger partial charge in [0.15, 0.2) is 0 Å². The molecule has 168 valence electrons. The van der Waals surface area contributed by atoms with Crippen LogP contribution in [-0.4, -0.2) is 23.6 Å². The van der Waals surface area contributed by atoms with Gasteiger partial charge in [0, 0.05) is 11.1 Å². The van der Waals surface area contributed by atoms with E-state index >= 15 is 4.39 Å². The van der Waals surface area contributed by atoms with Crippen LogP contribution in [-0.2, 0) is 19.9 Å². The van der Waals surface area contributed by atoms with E-state index < -0.39 is 35.0 Å². The number of para-hydroxylation sites is 1. The van der Waals surface area contributed by atoms with Crippen LogP contribution in [0.3, 0.4) is 0 Å². The van der Waals surface area contributed by atoms with Crippen molar-refractivity contribution in [1.29, 1.82) is 0 Å². The number of rotatable bonds is 3. The molecule has 0 unspecified atom stereocenters. The number of fused-ring (bicyclic) bond motifs is 1. The highest BCUT2D eigenvalue weighted by Gasteiger charge is 2.59. The molecule has 1 aliphatic rings. The maximum absolute atomic E-state index is 15.1. The van der Waals surface area contributed by atoms with Crippen LogP contribution < -0.4 is 4.90 Å². The molecule has 0 bridgehead atoms. The van der Waals surface area contributed by atoms with Crippen molar-refractivity contribution < 1.29 is 28.2 Å². The zero-order valence-corrected chi connectivity index (χ0v) is 18.4. The molecule has 0 saturated heterocycles. The fraction of sp³-hybridized carbons (Fsp3) is 0.192. The molecular weight excluding hydrogens is 425 g/mol. The van der Waals surface area contributed by atoms with Gasteiger partial charge in [-0.05, 0) is 39.0 Å². The molecule has 0 radical (unpaired) electrons. The molecule has 0 N–H and O–H groups in total. The van der Waals surface area contributed by atoms with Crippen LogP contribution in [0.4, 0.5) is 14.9 Å². The lowest BCUT2D eigenvalue weighted by Crippen LogP contribution is -2.48. The number of amides is 2. The summed E-state index contributed by atoms with van der Waals surface area (Å²) in [7, 11) is 0. The molecule has 4 rings (SSSR count). The normalized spacial score (nSPS) is 17.5. The number of hydrogen-bond acceptors (Lipinski definition) is 5. The number of esters is 1. The van der Waals surface area contributed by atoms with Gasteiger partial charge in [0.2, 0.25) is 5.60 Å². The van der Waals surface area contributed by atoms with Gasteiger partial charge in [-0.3, -0.25) is 4.79 Å². The van der Waals surface area contributed by atoms with Crippen molar-refractivity contribution in [2.45, 2.75) is 32.0 Å². The number of hydrogen-bond donors (Lipinski definition) is 0. The second kappa shape index (κ2) is 8.16. The molecule has 0 spiro atoms. The minimum atomic E-state index is -2.08. The predicted octanol–water partition coefficient (Wildman–Crippen LogP) is 5.21. The standard InChI is InChI=1S/C26H22FNO5/c1-25(2,3)33-24(31)28-21-19(15-10-16-20(21)27)26(23(28)30,18-13-8-5-9-14-18)32-22(29)17-11-6-4-7-12-17/h4-16H,1-3H3/t26-/m0/s1. The van der Waals surface area contributed by atoms with Crippen LogP contribution in [0.5, 0.6) is 0 Å². The third kappa shape index (κ3) is 3.86. The zero-order chi connectivity index (χ0) is 23.8. The van der Waals surface area contributed by atoms with Gasteiger partial charge in [0.1, 0.15) is 11.4 Å². The van der Waals surface area contributed by atoms with Crippen LogP contribution in [0.25, 0.3) is 0 Å². The summed E-state index contributed by atoms with van der Waals surface area (Å²) in [5, 5.41) is 0. The Morgan fingerprint density at radius 3 is 2.09 bits per heavy atom. The molecule has 0 fully saturated rings. The van der Waals surface area contributed by atoms with Gasteiger partial charge in [0.25, 0.3) is 5.91 Å². The fourth-order valence-corrected chi connectivity index (χ4v) is 3.76. The van der Waals surface area contributed by atoms with Crippen LogP contribution >= 0.6 is 0 Å². The van der Waals surface area contributed by atoms with Crippen molar-refractivity contribution in [3.05, 3.63) is 101 Å². The van der Waals surface area contributed by atoms with Gasteiger partial charge < -0.3 is 9.47 Å². The van der Waals surface area contributed by atoms with Gasteiger partial charge in [-0.15, -0.1) is 0 Å². The lowest BCUT2D eigenvalue weighted by Gasteiger charge is -2.29. The van der Waals surface area contributed by atoms with Crippen molar-refractivity contribution in [3.63, 3.8) is 0 Å². The second-order valence-corrected chi connectivity index (χ2v) is 8.56. The minimum absolute atomic E-state index is 0.0360. The Kier molecular flexibility index (Phi) is 5.49. The molecule has 1 heterocycles. The first-order chi connectivity index (χ1) is 15.6. The summed E-state index contributed by atoms with van der Waals surface area (Å²) in [6, 6.07) is 20.3. The SMILES string of the molecule is CC(C)(C)OC(=O)N1C(=O)[C@](OC(=O)c2ccccc2)(c2ccccc2)c2cccc(F)c21. The van der Waals surface area contributed by atoms with Crippen molar-refractivity contribution in [2.75, 3.05) is 4.90 Å². The van der Waals surface area contributed by atoms with E-state index in [9.17, 15) is 14.4 Å². The maximum Gasteiger partial charge on any atom is 0.421 e. The molecule has 6 nitrogen and oxygen atoms in total. The van der Waals surface area contributed by atoms with E-state index in [0.717, 1.165) is 6.07 Å². The van der Waals surface area contributed by atoms with E-state index in [0.29, 0.717) is 4.90 Å². The Morgan fingerprint density at radius 2 is 1.48 bits per heavy atom. The number of ether oxygens (including phenoxy) is 2. The summed E-state index contributed by atoms with van der Waals surface area (Å²) in [5.74, 6) is -2.55. The monoisotopic (exact) mass is 447 g/mol. The number of imide groups is 1. The number of carbonyl (C=O) groups is 3. The third-order valence-corrected chi connectivity index (χ3v) is 5.11. The van der Waals surface area contributed by atoms with Crippen molar-refractivity contribution in [3.8, 4) is 0 Å². The quantitative estimate of drug-likeness (QED) is 0.516. The first-order valence-corrected chi connectivity index (χ1v) is 10.4. The smallest absolute Gasteiger partial charge is 0.421 e. The molecule has 0 aliphatic carbocycles. The Morgan fingerprint density at radius 1 is 0.879 bits per heavy atom. The summed E-state index contributed by atoms with van der Waals surface area (Å²) in [5.41, 5.74) is -2.81. The molecule has 1 atom stereocenters. The third-order valence-electron chi connectivity index (χ3n) is 5.11. The summed E-state index contributed by atoms with van der Waals surface area (Å²) >= 11 is 0. The van der Waals surface area contributed by atoms with Gasteiger partial charge in [-0.2, -0.15) is 0 Å².